The van der Waals surface area contributed by atoms with Crippen LogP contribution in [0.25, 0.3) is 33.3 Å². The summed E-state index contributed by atoms with van der Waals surface area (Å²) in [6.07, 6.45) is 0. The number of fused-ring (bicyclic) bond motifs is 1. The van der Waals surface area contributed by atoms with Gasteiger partial charge in [-0.15, -0.1) is 0 Å². The van der Waals surface area contributed by atoms with Crippen LogP contribution in [-0.4, -0.2) is 49.3 Å². The van der Waals surface area contributed by atoms with Crippen molar-refractivity contribution in [2.75, 3.05) is 0 Å². The van der Waals surface area contributed by atoms with Crippen LogP contribution in [-0.2, 0) is 0 Å². The Morgan fingerprint density at radius 1 is 0.458 bits per heavy atom. The number of pyridine rings is 1. The highest BCUT2D eigenvalue weighted by atomic mass is 16.5. The lowest BCUT2D eigenvalue weighted by molar-refractivity contribution is 0.0651. The Bertz CT molecular complexity index is 2080. The Morgan fingerprint density at radius 2 is 0.896 bits per heavy atom. The summed E-state index contributed by atoms with van der Waals surface area (Å²) in [4.78, 5) is 50.8. The minimum atomic E-state index is -1.38. The summed E-state index contributed by atoms with van der Waals surface area (Å²) in [5.74, 6) is -4.36. The molecule has 0 saturated heterocycles. The van der Waals surface area contributed by atoms with E-state index in [0.29, 0.717) is 17.2 Å². The third-order valence-corrected chi connectivity index (χ3v) is 7.39. The molecule has 5 aromatic carbocycles. The molecule has 11 heteroatoms. The van der Waals surface area contributed by atoms with E-state index in [0.717, 1.165) is 39.7 Å². The predicted molar refractivity (Wildman–Crippen MR) is 173 cm³/mol. The summed E-state index contributed by atoms with van der Waals surface area (Å²) in [5, 5.41) is 38.3. The van der Waals surface area contributed by atoms with Gasteiger partial charge < -0.3 is 29.9 Å². The van der Waals surface area contributed by atoms with E-state index in [-0.39, 0.29) is 33.8 Å². The van der Waals surface area contributed by atoms with Crippen LogP contribution in [0.3, 0.4) is 0 Å². The summed E-state index contributed by atoms with van der Waals surface area (Å²) in [6.45, 7) is 0. The first-order valence-corrected chi connectivity index (χ1v) is 14.2. The zero-order chi connectivity index (χ0) is 33.9. The molecule has 11 nitrogen and oxygen atoms in total. The molecule has 6 aromatic rings. The molecule has 0 aliphatic heterocycles. The fourth-order valence-corrected chi connectivity index (χ4v) is 5.11. The standard InChI is InChI=1S/C37H23NO10/c39-34(40)27-15-13-25(18-30(27)36(43)44)47-23-9-5-20(6-10-23)29-17-22-3-1-2-4-32(22)38-33(29)21-7-11-24(12-8-21)48-26-14-16-28(35(41)42)31(19-26)37(45)46/h1-19H,(H,39,40)(H,41,42)(H,43,44)(H,45,46). The largest absolute Gasteiger partial charge is 0.478 e. The summed E-state index contributed by atoms with van der Waals surface area (Å²) in [5.41, 5.74) is 2.35. The molecular weight excluding hydrogens is 618 g/mol. The zero-order valence-corrected chi connectivity index (χ0v) is 24.7. The van der Waals surface area contributed by atoms with Crippen molar-refractivity contribution in [3.05, 3.63) is 138 Å². The van der Waals surface area contributed by atoms with Gasteiger partial charge in [0, 0.05) is 16.5 Å². The fraction of sp³-hybridized carbons (Fsp3) is 0. The molecule has 0 fully saturated rings. The molecule has 48 heavy (non-hydrogen) atoms. The topological polar surface area (TPSA) is 181 Å². The third-order valence-electron chi connectivity index (χ3n) is 7.39. The average Bonchev–Trinajstić information content (AvgIpc) is 3.08. The second-order valence-corrected chi connectivity index (χ2v) is 10.5. The Balaban J connectivity index is 1.30. The van der Waals surface area contributed by atoms with E-state index in [1.807, 2.05) is 42.5 Å². The van der Waals surface area contributed by atoms with Gasteiger partial charge in [-0.2, -0.15) is 0 Å². The number of nitrogens with zero attached hydrogens (tertiary/aromatic N) is 1. The van der Waals surface area contributed by atoms with E-state index >= 15 is 0 Å². The van der Waals surface area contributed by atoms with Crippen molar-refractivity contribution in [2.45, 2.75) is 0 Å². The van der Waals surface area contributed by atoms with Crippen molar-refractivity contribution in [2.24, 2.45) is 0 Å². The molecule has 0 saturated carbocycles. The number of carbonyl (C=O) groups is 4. The van der Waals surface area contributed by atoms with Gasteiger partial charge >= 0.3 is 23.9 Å². The van der Waals surface area contributed by atoms with Crippen LogP contribution in [0.2, 0.25) is 0 Å². The van der Waals surface area contributed by atoms with Crippen molar-refractivity contribution in [1.29, 1.82) is 0 Å². The van der Waals surface area contributed by atoms with Crippen molar-refractivity contribution in [3.8, 4) is 45.4 Å². The van der Waals surface area contributed by atoms with E-state index in [4.69, 9.17) is 14.5 Å². The molecule has 0 spiro atoms. The van der Waals surface area contributed by atoms with Gasteiger partial charge in [-0.05, 0) is 90.5 Å². The molecule has 0 aliphatic carbocycles. The Hall–Kier alpha value is -7.01. The highest BCUT2D eigenvalue weighted by molar-refractivity contribution is 6.02. The van der Waals surface area contributed by atoms with Gasteiger partial charge in [-0.3, -0.25) is 0 Å². The second-order valence-electron chi connectivity index (χ2n) is 10.5. The SMILES string of the molecule is O=C(O)c1ccc(Oc2ccc(-c3cc4ccccc4nc3-c3ccc(Oc4ccc(C(=O)O)c(C(=O)O)c4)cc3)cc2)cc1C(=O)O. The zero-order valence-electron chi connectivity index (χ0n) is 24.7. The Morgan fingerprint density at radius 3 is 1.38 bits per heavy atom. The lowest BCUT2D eigenvalue weighted by Crippen LogP contribution is -2.07. The maximum absolute atomic E-state index is 11.6. The van der Waals surface area contributed by atoms with Crippen LogP contribution in [0.5, 0.6) is 23.0 Å². The molecule has 6 rings (SSSR count). The molecule has 0 radical (unpaired) electrons. The predicted octanol–water partition coefficient (Wildman–Crippen LogP) is 7.95. The van der Waals surface area contributed by atoms with Crippen LogP contribution < -0.4 is 9.47 Å². The van der Waals surface area contributed by atoms with Crippen LogP contribution in [0.15, 0.2) is 115 Å². The first kappa shape index (κ1) is 31.0. The number of para-hydroxylation sites is 1. The van der Waals surface area contributed by atoms with Gasteiger partial charge in [-0.25, -0.2) is 24.2 Å². The summed E-state index contributed by atoms with van der Waals surface area (Å²) in [6, 6.07) is 31.2. The quantitative estimate of drug-likeness (QED) is 0.114. The van der Waals surface area contributed by atoms with E-state index in [1.54, 1.807) is 36.4 Å². The molecule has 0 unspecified atom stereocenters. The second kappa shape index (κ2) is 12.8. The number of hydrogen-bond donors (Lipinski definition) is 4. The molecule has 1 aromatic heterocycles. The first-order valence-electron chi connectivity index (χ1n) is 14.2. The molecule has 4 N–H and O–H groups in total. The smallest absolute Gasteiger partial charge is 0.336 e. The highest BCUT2D eigenvalue weighted by Gasteiger charge is 2.19. The van der Waals surface area contributed by atoms with Gasteiger partial charge in [0.05, 0.1) is 33.5 Å². The number of carboxylic acid groups (broad SMARTS) is 4. The maximum Gasteiger partial charge on any atom is 0.336 e. The van der Waals surface area contributed by atoms with Crippen LogP contribution in [0.4, 0.5) is 0 Å². The molecule has 0 aliphatic rings. The lowest BCUT2D eigenvalue weighted by Gasteiger charge is -2.14. The third kappa shape index (κ3) is 6.37. The summed E-state index contributed by atoms with van der Waals surface area (Å²) in [7, 11) is 0. The maximum atomic E-state index is 11.6. The molecular formula is C37H23NO10. The summed E-state index contributed by atoms with van der Waals surface area (Å²) >= 11 is 0. The number of carboxylic acids is 4. The van der Waals surface area contributed by atoms with E-state index in [9.17, 15) is 39.6 Å². The number of rotatable bonds is 10. The first-order chi connectivity index (χ1) is 23.1. The van der Waals surface area contributed by atoms with Gasteiger partial charge in [0.1, 0.15) is 23.0 Å². The molecule has 236 valence electrons. The van der Waals surface area contributed by atoms with Gasteiger partial charge in [0.15, 0.2) is 0 Å². The number of aromatic nitrogens is 1. The van der Waals surface area contributed by atoms with Crippen LogP contribution in [0.1, 0.15) is 41.4 Å². The molecule has 0 amide bonds. The van der Waals surface area contributed by atoms with Crippen LogP contribution in [0, 0.1) is 0 Å². The normalized spacial score (nSPS) is 10.8. The average molecular weight is 642 g/mol. The van der Waals surface area contributed by atoms with E-state index in [1.165, 1.54) is 24.3 Å². The van der Waals surface area contributed by atoms with Gasteiger partial charge in [0.25, 0.3) is 0 Å². The Kier molecular flexibility index (Phi) is 8.25. The minimum Gasteiger partial charge on any atom is -0.478 e. The van der Waals surface area contributed by atoms with Gasteiger partial charge in [0.2, 0.25) is 0 Å². The van der Waals surface area contributed by atoms with Crippen molar-refractivity contribution in [1.82, 2.24) is 4.98 Å². The highest BCUT2D eigenvalue weighted by Crippen LogP contribution is 2.36. The Labute approximate surface area is 271 Å². The minimum absolute atomic E-state index is 0.161. The molecule has 1 heterocycles. The van der Waals surface area contributed by atoms with Crippen LogP contribution >= 0.6 is 0 Å². The van der Waals surface area contributed by atoms with Gasteiger partial charge in [-0.1, -0.05) is 30.3 Å². The fourth-order valence-electron chi connectivity index (χ4n) is 5.11. The van der Waals surface area contributed by atoms with E-state index in [2.05, 4.69) is 0 Å². The lowest BCUT2D eigenvalue weighted by atomic mass is 9.97. The molecule has 0 bridgehead atoms. The van der Waals surface area contributed by atoms with Crippen molar-refractivity contribution >= 4 is 34.8 Å². The summed E-state index contributed by atoms with van der Waals surface area (Å²) < 4.78 is 11.7. The monoisotopic (exact) mass is 641 g/mol. The number of ether oxygens (including phenoxy) is 2. The number of benzene rings is 5. The molecule has 0 atom stereocenters. The van der Waals surface area contributed by atoms with E-state index < -0.39 is 23.9 Å². The number of aromatic carboxylic acids is 4. The van der Waals surface area contributed by atoms with Crippen molar-refractivity contribution < 1.29 is 49.1 Å². The van der Waals surface area contributed by atoms with Crippen molar-refractivity contribution in [3.63, 3.8) is 0 Å². The number of hydrogen-bond acceptors (Lipinski definition) is 7.